The summed E-state index contributed by atoms with van der Waals surface area (Å²) in [6.07, 6.45) is 0.619. The summed E-state index contributed by atoms with van der Waals surface area (Å²) >= 11 is 0. The number of benzene rings is 2. The van der Waals surface area contributed by atoms with E-state index in [1.165, 1.54) is 4.90 Å². The van der Waals surface area contributed by atoms with Crippen molar-refractivity contribution in [1.82, 2.24) is 19.4 Å². The maximum absolute atomic E-state index is 12.5. The molecule has 9 nitrogen and oxygen atoms in total. The molecule has 0 bridgehead atoms. The van der Waals surface area contributed by atoms with Crippen LogP contribution in [0.4, 0.5) is 5.82 Å². The number of anilines is 1. The predicted octanol–water partition coefficient (Wildman–Crippen LogP) is 2.67. The van der Waals surface area contributed by atoms with Crippen LogP contribution >= 0.6 is 0 Å². The maximum atomic E-state index is 12.5. The number of para-hydroxylation sites is 1. The van der Waals surface area contributed by atoms with E-state index in [1.54, 1.807) is 31.4 Å². The van der Waals surface area contributed by atoms with E-state index in [-0.39, 0.29) is 25.0 Å². The first-order valence-electron chi connectivity index (χ1n) is 11.2. The molecular formula is C25H25N5O4. The molecule has 0 unspecified atom stereocenters. The summed E-state index contributed by atoms with van der Waals surface area (Å²) in [5.74, 6) is 0.672. The van der Waals surface area contributed by atoms with Crippen molar-refractivity contribution in [1.29, 1.82) is 0 Å². The lowest BCUT2D eigenvalue weighted by molar-refractivity contribution is 0.0556. The predicted molar refractivity (Wildman–Crippen MR) is 128 cm³/mol. The third-order valence-electron chi connectivity index (χ3n) is 6.02. The lowest BCUT2D eigenvalue weighted by atomic mass is 10.1. The molecule has 2 aromatic heterocycles. The van der Waals surface area contributed by atoms with Crippen molar-refractivity contribution in [2.75, 3.05) is 39.2 Å². The van der Waals surface area contributed by atoms with E-state index in [0.29, 0.717) is 48.6 Å². The summed E-state index contributed by atoms with van der Waals surface area (Å²) in [6.45, 7) is 1.88. The molecule has 0 aliphatic carbocycles. The van der Waals surface area contributed by atoms with Gasteiger partial charge in [0.15, 0.2) is 5.82 Å². The number of carbonyl (C=O) groups is 2. The second-order valence-electron chi connectivity index (χ2n) is 8.05. The highest BCUT2D eigenvalue weighted by Crippen LogP contribution is 2.29. The van der Waals surface area contributed by atoms with E-state index in [9.17, 15) is 9.59 Å². The fraction of sp³-hybridized carbons (Fsp3) is 0.280. The van der Waals surface area contributed by atoms with Crippen LogP contribution in [0.15, 0.2) is 48.5 Å². The van der Waals surface area contributed by atoms with Crippen molar-refractivity contribution >= 4 is 39.6 Å². The monoisotopic (exact) mass is 459 g/mol. The molecule has 2 aromatic carbocycles. The van der Waals surface area contributed by atoms with E-state index in [2.05, 4.69) is 9.55 Å². The van der Waals surface area contributed by atoms with Crippen molar-refractivity contribution in [2.45, 2.75) is 13.0 Å². The number of nitrogen functional groups attached to an aromatic ring is 1. The zero-order valence-corrected chi connectivity index (χ0v) is 18.9. The lowest BCUT2D eigenvalue weighted by Crippen LogP contribution is -2.33. The molecule has 0 saturated heterocycles. The summed E-state index contributed by atoms with van der Waals surface area (Å²) in [7, 11) is 1.65. The first-order valence-corrected chi connectivity index (χ1v) is 11.2. The van der Waals surface area contributed by atoms with Gasteiger partial charge in [0.1, 0.15) is 11.3 Å². The highest BCUT2D eigenvalue weighted by molar-refractivity contribution is 6.21. The number of imide groups is 1. The van der Waals surface area contributed by atoms with Gasteiger partial charge in [-0.25, -0.2) is 9.97 Å². The van der Waals surface area contributed by atoms with Crippen LogP contribution in [0.2, 0.25) is 0 Å². The Morgan fingerprint density at radius 2 is 1.56 bits per heavy atom. The molecule has 0 spiro atoms. The van der Waals surface area contributed by atoms with Gasteiger partial charge in [0.25, 0.3) is 11.8 Å². The van der Waals surface area contributed by atoms with Gasteiger partial charge in [-0.1, -0.05) is 30.3 Å². The molecule has 34 heavy (non-hydrogen) atoms. The minimum atomic E-state index is -0.277. The number of carbonyl (C=O) groups excluding carboxylic acids is 2. The normalized spacial score (nSPS) is 13.4. The summed E-state index contributed by atoms with van der Waals surface area (Å²) in [6, 6.07) is 14.7. The Hall–Kier alpha value is -3.82. The number of aromatic nitrogens is 3. The van der Waals surface area contributed by atoms with Crippen LogP contribution < -0.4 is 5.73 Å². The molecule has 0 saturated carbocycles. The summed E-state index contributed by atoms with van der Waals surface area (Å²) in [5.41, 5.74) is 9.49. The van der Waals surface area contributed by atoms with Crippen LogP contribution in [-0.4, -0.2) is 64.7 Å². The number of ether oxygens (including phenoxy) is 2. The number of fused-ring (bicyclic) bond motifs is 4. The number of imidazole rings is 1. The van der Waals surface area contributed by atoms with E-state index in [4.69, 9.17) is 20.2 Å². The molecule has 0 fully saturated rings. The van der Waals surface area contributed by atoms with Crippen molar-refractivity contribution in [2.24, 2.45) is 0 Å². The van der Waals surface area contributed by atoms with Gasteiger partial charge < -0.3 is 19.8 Å². The number of methoxy groups -OCH3 is 1. The van der Waals surface area contributed by atoms with Gasteiger partial charge in [-0.15, -0.1) is 0 Å². The van der Waals surface area contributed by atoms with Gasteiger partial charge in [-0.3, -0.25) is 14.5 Å². The van der Waals surface area contributed by atoms with Crippen LogP contribution in [0.5, 0.6) is 0 Å². The number of amides is 2. The quantitative estimate of drug-likeness (QED) is 0.302. The second kappa shape index (κ2) is 9.20. The Morgan fingerprint density at radius 1 is 0.882 bits per heavy atom. The topological polar surface area (TPSA) is 113 Å². The standard InChI is InChI=1S/C25H25N5O4/c1-33-13-10-20-28-21-22(18-8-4-5-9-19(18)27-23(21)26)29(20)11-14-34-15-12-30-24(31)16-6-2-3-7-17(16)25(30)32/h2-9H,10-15H2,1H3,(H2,26,27). The van der Waals surface area contributed by atoms with Gasteiger partial charge in [0.05, 0.1) is 48.5 Å². The number of hydrogen-bond acceptors (Lipinski definition) is 7. The minimum Gasteiger partial charge on any atom is -0.384 e. The van der Waals surface area contributed by atoms with Crippen LogP contribution in [0.25, 0.3) is 21.9 Å². The van der Waals surface area contributed by atoms with E-state index < -0.39 is 0 Å². The fourth-order valence-electron chi connectivity index (χ4n) is 4.39. The highest BCUT2D eigenvalue weighted by atomic mass is 16.5. The molecular weight excluding hydrogens is 434 g/mol. The molecule has 1 aliphatic rings. The molecule has 2 amide bonds. The number of nitrogens with zero attached hydrogens (tertiary/aromatic N) is 4. The zero-order chi connectivity index (χ0) is 23.7. The SMILES string of the molecule is COCCc1nc2c(N)nc3ccccc3c2n1CCOCCN1C(=O)c2ccccc2C1=O. The van der Waals surface area contributed by atoms with Gasteiger partial charge in [0.2, 0.25) is 0 Å². The molecule has 9 heteroatoms. The van der Waals surface area contributed by atoms with Crippen LogP contribution in [0.3, 0.4) is 0 Å². The Balaban J connectivity index is 1.31. The molecule has 5 rings (SSSR count). The largest absolute Gasteiger partial charge is 0.384 e. The molecule has 174 valence electrons. The fourth-order valence-corrected chi connectivity index (χ4v) is 4.39. The van der Waals surface area contributed by atoms with Gasteiger partial charge >= 0.3 is 0 Å². The highest BCUT2D eigenvalue weighted by Gasteiger charge is 2.34. The molecule has 1 aliphatic heterocycles. The molecule has 4 aromatic rings. The third-order valence-corrected chi connectivity index (χ3v) is 6.02. The van der Waals surface area contributed by atoms with Crippen LogP contribution in [-0.2, 0) is 22.4 Å². The van der Waals surface area contributed by atoms with Crippen LogP contribution in [0.1, 0.15) is 26.5 Å². The van der Waals surface area contributed by atoms with Crippen molar-refractivity contribution < 1.29 is 19.1 Å². The van der Waals surface area contributed by atoms with Gasteiger partial charge in [-0.2, -0.15) is 0 Å². The Morgan fingerprint density at radius 3 is 2.29 bits per heavy atom. The molecule has 2 N–H and O–H groups in total. The Kier molecular flexibility index (Phi) is 5.95. The summed E-state index contributed by atoms with van der Waals surface area (Å²) < 4.78 is 13.2. The number of rotatable bonds is 9. The maximum Gasteiger partial charge on any atom is 0.261 e. The molecule has 3 heterocycles. The van der Waals surface area contributed by atoms with Crippen LogP contribution in [0, 0.1) is 0 Å². The van der Waals surface area contributed by atoms with E-state index >= 15 is 0 Å². The summed E-state index contributed by atoms with van der Waals surface area (Å²) in [4.78, 5) is 35.5. The van der Waals surface area contributed by atoms with Crippen molar-refractivity contribution in [3.05, 3.63) is 65.5 Å². The number of pyridine rings is 1. The van der Waals surface area contributed by atoms with Gasteiger partial charge in [-0.05, 0) is 18.2 Å². The zero-order valence-electron chi connectivity index (χ0n) is 18.9. The number of hydrogen-bond donors (Lipinski definition) is 1. The second-order valence-corrected chi connectivity index (χ2v) is 8.05. The average molecular weight is 460 g/mol. The van der Waals surface area contributed by atoms with Crippen molar-refractivity contribution in [3.8, 4) is 0 Å². The third kappa shape index (κ3) is 3.78. The van der Waals surface area contributed by atoms with E-state index in [1.807, 2.05) is 24.3 Å². The first kappa shape index (κ1) is 22.0. The Bertz CT molecular complexity index is 1360. The smallest absolute Gasteiger partial charge is 0.261 e. The van der Waals surface area contributed by atoms with E-state index in [0.717, 1.165) is 22.2 Å². The Labute approximate surface area is 196 Å². The van der Waals surface area contributed by atoms with Crippen molar-refractivity contribution in [3.63, 3.8) is 0 Å². The average Bonchev–Trinajstić information content (AvgIpc) is 3.34. The lowest BCUT2D eigenvalue weighted by Gasteiger charge is -2.15. The summed E-state index contributed by atoms with van der Waals surface area (Å²) in [5, 5.41) is 0.967. The molecule has 0 atom stereocenters. The minimum absolute atomic E-state index is 0.202. The first-order chi connectivity index (χ1) is 16.6. The van der Waals surface area contributed by atoms with Gasteiger partial charge in [0, 0.05) is 25.5 Å². The molecule has 0 radical (unpaired) electrons. The number of nitrogens with two attached hydrogens (primary N) is 1.